The highest BCUT2D eigenvalue weighted by molar-refractivity contribution is 5.35. The normalized spacial score (nSPS) is 20.5. The number of nitrogens with one attached hydrogen (secondary N) is 1. The molecule has 1 aliphatic carbocycles. The fraction of sp³-hybridized carbons (Fsp3) is 0.600. The Morgan fingerprint density at radius 3 is 2.82 bits per heavy atom. The minimum Gasteiger partial charge on any atom is -0.381 e. The number of ether oxygens (including phenoxy) is 1. The lowest BCUT2D eigenvalue weighted by atomic mass is 10.1. The zero-order valence-electron chi connectivity index (χ0n) is 10.4. The first-order valence-corrected chi connectivity index (χ1v) is 6.83. The third-order valence-corrected chi connectivity index (χ3v) is 3.98. The Hall–Kier alpha value is -0.860. The number of hydrogen-bond donors (Lipinski definition) is 1. The van der Waals surface area contributed by atoms with Crippen molar-refractivity contribution in [3.63, 3.8) is 0 Å². The van der Waals surface area contributed by atoms with E-state index in [0.29, 0.717) is 6.04 Å². The Kier molecular flexibility index (Phi) is 3.44. The van der Waals surface area contributed by atoms with Crippen LogP contribution in [0.3, 0.4) is 0 Å². The van der Waals surface area contributed by atoms with Gasteiger partial charge in [0.05, 0.1) is 0 Å². The number of rotatable bonds is 3. The summed E-state index contributed by atoms with van der Waals surface area (Å²) in [6.45, 7) is 2.85. The SMILES string of the molecule is c1cc2c(cc1CNC1CCOCC1)CCC2. The molecule has 2 aliphatic rings. The average Bonchev–Trinajstić information content (AvgIpc) is 2.85. The smallest absolute Gasteiger partial charge is 0.0480 e. The van der Waals surface area contributed by atoms with Gasteiger partial charge in [0.25, 0.3) is 0 Å². The predicted octanol–water partition coefficient (Wildman–Crippen LogP) is 2.44. The second-order valence-electron chi connectivity index (χ2n) is 5.22. The zero-order chi connectivity index (χ0) is 11.5. The van der Waals surface area contributed by atoms with E-state index in [9.17, 15) is 0 Å². The Balaban J connectivity index is 1.57. The minimum atomic E-state index is 0.650. The maximum absolute atomic E-state index is 5.37. The molecule has 0 saturated carbocycles. The van der Waals surface area contributed by atoms with E-state index < -0.39 is 0 Å². The molecular weight excluding hydrogens is 210 g/mol. The maximum Gasteiger partial charge on any atom is 0.0480 e. The van der Waals surface area contributed by atoms with E-state index in [1.165, 1.54) is 24.8 Å². The lowest BCUT2D eigenvalue weighted by molar-refractivity contribution is 0.0776. The number of fused-ring (bicyclic) bond motifs is 1. The summed E-state index contributed by atoms with van der Waals surface area (Å²) in [7, 11) is 0. The van der Waals surface area contributed by atoms with Crippen molar-refractivity contribution in [1.82, 2.24) is 5.32 Å². The van der Waals surface area contributed by atoms with E-state index in [-0.39, 0.29) is 0 Å². The second kappa shape index (κ2) is 5.19. The van der Waals surface area contributed by atoms with E-state index in [0.717, 1.165) is 32.6 Å². The van der Waals surface area contributed by atoms with Gasteiger partial charge in [-0.25, -0.2) is 0 Å². The van der Waals surface area contributed by atoms with Crippen molar-refractivity contribution in [2.75, 3.05) is 13.2 Å². The fourth-order valence-corrected chi connectivity index (χ4v) is 2.90. The summed E-state index contributed by atoms with van der Waals surface area (Å²) in [5.41, 5.74) is 4.59. The molecule has 3 rings (SSSR count). The van der Waals surface area contributed by atoms with E-state index in [1.54, 1.807) is 11.1 Å². The Morgan fingerprint density at radius 1 is 1.12 bits per heavy atom. The van der Waals surface area contributed by atoms with Gasteiger partial charge in [0.1, 0.15) is 0 Å². The Labute approximate surface area is 103 Å². The van der Waals surface area contributed by atoms with Crippen molar-refractivity contribution >= 4 is 0 Å². The monoisotopic (exact) mass is 231 g/mol. The summed E-state index contributed by atoms with van der Waals surface area (Å²) in [6, 6.07) is 7.66. The van der Waals surface area contributed by atoms with Crippen LogP contribution >= 0.6 is 0 Å². The number of aryl methyl sites for hydroxylation is 2. The second-order valence-corrected chi connectivity index (χ2v) is 5.22. The van der Waals surface area contributed by atoms with Crippen LogP contribution in [0, 0.1) is 0 Å². The molecule has 0 atom stereocenters. The van der Waals surface area contributed by atoms with Crippen molar-refractivity contribution < 1.29 is 4.74 Å². The van der Waals surface area contributed by atoms with Gasteiger partial charge in [0.2, 0.25) is 0 Å². The van der Waals surface area contributed by atoms with Crippen LogP contribution in [0.1, 0.15) is 36.0 Å². The van der Waals surface area contributed by atoms with Gasteiger partial charge in [-0.05, 0) is 48.8 Å². The van der Waals surface area contributed by atoms with Crippen LogP contribution in [0.5, 0.6) is 0 Å². The summed E-state index contributed by atoms with van der Waals surface area (Å²) in [4.78, 5) is 0. The largest absolute Gasteiger partial charge is 0.381 e. The highest BCUT2D eigenvalue weighted by Crippen LogP contribution is 2.22. The molecule has 1 aliphatic heterocycles. The quantitative estimate of drug-likeness (QED) is 0.862. The topological polar surface area (TPSA) is 21.3 Å². The molecule has 1 aromatic carbocycles. The van der Waals surface area contributed by atoms with Crippen LogP contribution in [0.2, 0.25) is 0 Å². The summed E-state index contributed by atoms with van der Waals surface area (Å²) < 4.78 is 5.37. The van der Waals surface area contributed by atoms with E-state index >= 15 is 0 Å². The van der Waals surface area contributed by atoms with Crippen molar-refractivity contribution in [2.45, 2.75) is 44.7 Å². The lowest BCUT2D eigenvalue weighted by Gasteiger charge is -2.23. The number of benzene rings is 1. The molecule has 1 fully saturated rings. The molecular formula is C15H21NO. The predicted molar refractivity (Wildman–Crippen MR) is 69.1 cm³/mol. The molecule has 17 heavy (non-hydrogen) atoms. The van der Waals surface area contributed by atoms with Gasteiger partial charge >= 0.3 is 0 Å². The van der Waals surface area contributed by atoms with Gasteiger partial charge in [-0.3, -0.25) is 0 Å². The van der Waals surface area contributed by atoms with E-state index in [1.807, 2.05) is 0 Å². The molecule has 2 nitrogen and oxygen atoms in total. The van der Waals surface area contributed by atoms with E-state index in [4.69, 9.17) is 4.74 Å². The lowest BCUT2D eigenvalue weighted by Crippen LogP contribution is -2.34. The van der Waals surface area contributed by atoms with Crippen LogP contribution < -0.4 is 5.32 Å². The van der Waals surface area contributed by atoms with Crippen molar-refractivity contribution in [3.05, 3.63) is 34.9 Å². The maximum atomic E-state index is 5.37. The van der Waals surface area contributed by atoms with Gasteiger partial charge < -0.3 is 10.1 Å². The third kappa shape index (κ3) is 2.70. The first kappa shape index (κ1) is 11.2. The summed E-state index contributed by atoms with van der Waals surface area (Å²) >= 11 is 0. The molecule has 0 amide bonds. The first-order chi connectivity index (χ1) is 8.42. The summed E-state index contributed by atoms with van der Waals surface area (Å²) in [6.07, 6.45) is 6.21. The molecule has 1 aromatic rings. The molecule has 0 aromatic heterocycles. The third-order valence-electron chi connectivity index (χ3n) is 3.98. The van der Waals surface area contributed by atoms with Gasteiger partial charge in [-0.15, -0.1) is 0 Å². The average molecular weight is 231 g/mol. The van der Waals surface area contributed by atoms with Crippen molar-refractivity contribution in [2.24, 2.45) is 0 Å². The van der Waals surface area contributed by atoms with Crippen LogP contribution in [0.4, 0.5) is 0 Å². The highest BCUT2D eigenvalue weighted by atomic mass is 16.5. The molecule has 0 radical (unpaired) electrons. The molecule has 0 unspecified atom stereocenters. The van der Waals surface area contributed by atoms with Crippen LogP contribution in [-0.2, 0) is 24.1 Å². The first-order valence-electron chi connectivity index (χ1n) is 6.83. The van der Waals surface area contributed by atoms with Gasteiger partial charge in [0.15, 0.2) is 0 Å². The molecule has 1 N–H and O–H groups in total. The standard InChI is InChI=1S/C15H21NO/c1-2-13-5-4-12(10-14(13)3-1)11-16-15-6-8-17-9-7-15/h4-5,10,15-16H,1-3,6-9,11H2. The van der Waals surface area contributed by atoms with Crippen molar-refractivity contribution in [1.29, 1.82) is 0 Å². The molecule has 0 spiro atoms. The van der Waals surface area contributed by atoms with Crippen LogP contribution in [-0.4, -0.2) is 19.3 Å². The van der Waals surface area contributed by atoms with Gasteiger partial charge in [0, 0.05) is 25.8 Å². The summed E-state index contributed by atoms with van der Waals surface area (Å²) in [5.74, 6) is 0. The number of hydrogen-bond acceptors (Lipinski definition) is 2. The Bertz CT molecular complexity index is 383. The highest BCUT2D eigenvalue weighted by Gasteiger charge is 2.14. The van der Waals surface area contributed by atoms with Crippen molar-refractivity contribution in [3.8, 4) is 0 Å². The minimum absolute atomic E-state index is 0.650. The molecule has 1 saturated heterocycles. The van der Waals surface area contributed by atoms with Gasteiger partial charge in [-0.1, -0.05) is 18.2 Å². The van der Waals surface area contributed by atoms with Gasteiger partial charge in [-0.2, -0.15) is 0 Å². The molecule has 2 heteroatoms. The molecule has 92 valence electrons. The zero-order valence-corrected chi connectivity index (χ0v) is 10.4. The van der Waals surface area contributed by atoms with Crippen LogP contribution in [0.15, 0.2) is 18.2 Å². The molecule has 0 bridgehead atoms. The molecule has 1 heterocycles. The van der Waals surface area contributed by atoms with E-state index in [2.05, 4.69) is 23.5 Å². The Morgan fingerprint density at radius 2 is 1.94 bits per heavy atom. The fourth-order valence-electron chi connectivity index (χ4n) is 2.90. The summed E-state index contributed by atoms with van der Waals surface area (Å²) in [5, 5.41) is 3.65. The van der Waals surface area contributed by atoms with Crippen LogP contribution in [0.25, 0.3) is 0 Å².